The van der Waals surface area contributed by atoms with Crippen LogP contribution in [0.5, 0.6) is 0 Å². The molecule has 1 fully saturated rings. The van der Waals surface area contributed by atoms with Gasteiger partial charge < -0.3 is 5.11 Å². The molecule has 2 atom stereocenters. The first-order chi connectivity index (χ1) is 9.61. The van der Waals surface area contributed by atoms with Crippen molar-refractivity contribution in [2.45, 2.75) is 32.2 Å². The predicted molar refractivity (Wildman–Crippen MR) is 76.6 cm³/mol. The number of halogens is 3. The quantitative estimate of drug-likeness (QED) is 0.849. The number of carbonyl (C=O) groups is 1. The van der Waals surface area contributed by atoms with E-state index >= 15 is 0 Å². The minimum atomic E-state index is -0.956. The highest BCUT2D eigenvalue weighted by Crippen LogP contribution is 2.37. The molecule has 0 spiro atoms. The minimum Gasteiger partial charge on any atom is -0.481 e. The number of hydrogen-bond acceptors (Lipinski definition) is 2. The van der Waals surface area contributed by atoms with Crippen LogP contribution in [0, 0.1) is 17.6 Å². The van der Waals surface area contributed by atoms with Crippen molar-refractivity contribution in [2.75, 3.05) is 13.1 Å². The van der Waals surface area contributed by atoms with Gasteiger partial charge in [0.05, 0.1) is 5.92 Å². The Kier molecular flexibility index (Phi) is 4.26. The van der Waals surface area contributed by atoms with Crippen molar-refractivity contribution >= 4 is 17.6 Å². The second kappa shape index (κ2) is 5.54. The van der Waals surface area contributed by atoms with Crippen molar-refractivity contribution in [3.8, 4) is 0 Å². The van der Waals surface area contributed by atoms with Gasteiger partial charge in [0.2, 0.25) is 0 Å². The molecule has 1 aromatic rings. The van der Waals surface area contributed by atoms with Crippen molar-refractivity contribution in [1.82, 2.24) is 4.90 Å². The molecule has 0 bridgehead atoms. The fourth-order valence-electron chi connectivity index (χ4n) is 2.73. The Bertz CT molecular complexity index is 548. The SMILES string of the molecule is CC(C)(C)N1CC(C(=O)O)C(c2cc(F)c(Cl)c(F)c2)C1. The fraction of sp³-hybridized carbons (Fsp3) is 0.533. The van der Waals surface area contributed by atoms with Gasteiger partial charge in [-0.05, 0) is 38.5 Å². The second-order valence-electron chi connectivity index (χ2n) is 6.43. The van der Waals surface area contributed by atoms with Crippen molar-refractivity contribution in [3.63, 3.8) is 0 Å². The van der Waals surface area contributed by atoms with Crippen LogP contribution in [-0.4, -0.2) is 34.6 Å². The van der Waals surface area contributed by atoms with E-state index in [1.165, 1.54) is 0 Å². The van der Waals surface area contributed by atoms with Crippen LogP contribution in [0.15, 0.2) is 12.1 Å². The highest BCUT2D eigenvalue weighted by molar-refractivity contribution is 6.30. The lowest BCUT2D eigenvalue weighted by atomic mass is 9.89. The molecule has 2 rings (SSSR count). The van der Waals surface area contributed by atoms with Gasteiger partial charge in [-0.1, -0.05) is 11.6 Å². The summed E-state index contributed by atoms with van der Waals surface area (Å²) >= 11 is 5.48. The van der Waals surface area contributed by atoms with Crippen LogP contribution in [-0.2, 0) is 4.79 Å². The normalized spacial score (nSPS) is 23.5. The van der Waals surface area contributed by atoms with Gasteiger partial charge >= 0.3 is 5.97 Å². The average Bonchev–Trinajstić information content (AvgIpc) is 2.80. The molecule has 1 aliphatic rings. The highest BCUT2D eigenvalue weighted by Gasteiger charge is 2.42. The molecule has 1 aromatic carbocycles. The summed E-state index contributed by atoms with van der Waals surface area (Å²) in [4.78, 5) is 13.5. The number of rotatable bonds is 2. The molecule has 116 valence electrons. The Morgan fingerprint density at radius 1 is 1.29 bits per heavy atom. The maximum Gasteiger partial charge on any atom is 0.308 e. The van der Waals surface area contributed by atoms with Crippen LogP contribution in [0.25, 0.3) is 0 Å². The molecule has 0 aromatic heterocycles. The molecular formula is C15H18ClF2NO2. The van der Waals surface area contributed by atoms with E-state index in [9.17, 15) is 18.7 Å². The van der Waals surface area contributed by atoms with E-state index in [1.54, 1.807) is 0 Å². The third kappa shape index (κ3) is 3.19. The monoisotopic (exact) mass is 317 g/mol. The Balaban J connectivity index is 2.39. The third-order valence-electron chi connectivity index (χ3n) is 4.02. The first kappa shape index (κ1) is 16.2. The standard InChI is InChI=1S/C15H18ClF2NO2/c1-15(2,3)19-6-9(10(7-19)14(20)21)8-4-11(17)13(16)12(18)5-8/h4-5,9-10H,6-7H2,1-3H3,(H,20,21). The van der Waals surface area contributed by atoms with E-state index in [0.717, 1.165) is 12.1 Å². The van der Waals surface area contributed by atoms with Gasteiger partial charge in [-0.25, -0.2) is 8.78 Å². The number of nitrogens with zero attached hydrogens (tertiary/aromatic N) is 1. The van der Waals surface area contributed by atoms with E-state index in [2.05, 4.69) is 0 Å². The van der Waals surface area contributed by atoms with Crippen molar-refractivity contribution in [2.24, 2.45) is 5.92 Å². The van der Waals surface area contributed by atoms with Crippen LogP contribution in [0.2, 0.25) is 5.02 Å². The molecule has 1 heterocycles. The van der Waals surface area contributed by atoms with E-state index in [0.29, 0.717) is 18.7 Å². The summed E-state index contributed by atoms with van der Waals surface area (Å²) in [7, 11) is 0. The molecular weight excluding hydrogens is 300 g/mol. The zero-order valence-electron chi connectivity index (χ0n) is 12.2. The Hall–Kier alpha value is -1.20. The van der Waals surface area contributed by atoms with Crippen LogP contribution in [0.3, 0.4) is 0 Å². The Morgan fingerprint density at radius 3 is 2.24 bits per heavy atom. The largest absolute Gasteiger partial charge is 0.481 e. The van der Waals surface area contributed by atoms with Gasteiger partial charge in [0.1, 0.15) is 16.7 Å². The number of aliphatic carboxylic acids is 1. The van der Waals surface area contributed by atoms with Crippen molar-refractivity contribution < 1.29 is 18.7 Å². The number of benzene rings is 1. The average molecular weight is 318 g/mol. The molecule has 0 aliphatic carbocycles. The van der Waals surface area contributed by atoms with Crippen LogP contribution >= 0.6 is 11.6 Å². The van der Waals surface area contributed by atoms with Gasteiger partial charge in [0.15, 0.2) is 0 Å². The lowest BCUT2D eigenvalue weighted by molar-refractivity contribution is -0.141. The van der Waals surface area contributed by atoms with Crippen LogP contribution < -0.4 is 0 Å². The molecule has 0 saturated carbocycles. The van der Waals surface area contributed by atoms with E-state index in [4.69, 9.17) is 11.6 Å². The summed E-state index contributed by atoms with van der Waals surface area (Å²) in [5.41, 5.74) is 0.139. The smallest absolute Gasteiger partial charge is 0.308 e. The first-order valence-electron chi connectivity index (χ1n) is 6.73. The van der Waals surface area contributed by atoms with Gasteiger partial charge in [-0.2, -0.15) is 0 Å². The molecule has 1 saturated heterocycles. The van der Waals surface area contributed by atoms with Crippen LogP contribution in [0.4, 0.5) is 8.78 Å². The molecule has 1 N–H and O–H groups in total. The summed E-state index contributed by atoms with van der Waals surface area (Å²) in [5.74, 6) is -3.82. The summed E-state index contributed by atoms with van der Waals surface area (Å²) in [6.45, 7) is 6.75. The minimum absolute atomic E-state index is 0.202. The number of carboxylic acids is 1. The van der Waals surface area contributed by atoms with E-state index in [-0.39, 0.29) is 5.54 Å². The fourth-order valence-corrected chi connectivity index (χ4v) is 2.84. The zero-order chi connectivity index (χ0) is 15.9. The lowest BCUT2D eigenvalue weighted by Crippen LogP contribution is -2.40. The van der Waals surface area contributed by atoms with Gasteiger partial charge in [-0.3, -0.25) is 9.69 Å². The maximum atomic E-state index is 13.6. The van der Waals surface area contributed by atoms with E-state index < -0.39 is 34.5 Å². The summed E-state index contributed by atoms with van der Waals surface area (Å²) < 4.78 is 27.2. The molecule has 0 amide bonds. The zero-order valence-corrected chi connectivity index (χ0v) is 12.9. The summed E-state index contributed by atoms with van der Waals surface area (Å²) in [5, 5.41) is 8.82. The van der Waals surface area contributed by atoms with Gasteiger partial charge in [0.25, 0.3) is 0 Å². The molecule has 0 radical (unpaired) electrons. The number of carboxylic acid groups (broad SMARTS) is 1. The topological polar surface area (TPSA) is 40.5 Å². The van der Waals surface area contributed by atoms with Crippen LogP contribution in [0.1, 0.15) is 32.3 Å². The first-order valence-corrected chi connectivity index (χ1v) is 7.11. The molecule has 21 heavy (non-hydrogen) atoms. The number of hydrogen-bond donors (Lipinski definition) is 1. The van der Waals surface area contributed by atoms with Gasteiger partial charge in [-0.15, -0.1) is 0 Å². The maximum absolute atomic E-state index is 13.6. The molecule has 2 unspecified atom stereocenters. The number of likely N-dealkylation sites (tertiary alicyclic amines) is 1. The third-order valence-corrected chi connectivity index (χ3v) is 4.38. The Labute approximate surface area is 127 Å². The lowest BCUT2D eigenvalue weighted by Gasteiger charge is -2.31. The molecule has 1 aliphatic heterocycles. The Morgan fingerprint density at radius 2 is 1.81 bits per heavy atom. The summed E-state index contributed by atoms with van der Waals surface area (Å²) in [6.07, 6.45) is 0. The second-order valence-corrected chi connectivity index (χ2v) is 6.80. The summed E-state index contributed by atoms with van der Waals surface area (Å²) in [6, 6.07) is 2.27. The predicted octanol–water partition coefficient (Wildman–Crippen LogP) is 3.52. The van der Waals surface area contributed by atoms with Crippen molar-refractivity contribution in [3.05, 3.63) is 34.4 Å². The molecule has 3 nitrogen and oxygen atoms in total. The van der Waals surface area contributed by atoms with E-state index in [1.807, 2.05) is 25.7 Å². The van der Waals surface area contributed by atoms with Gasteiger partial charge in [0, 0.05) is 24.5 Å². The molecule has 6 heteroatoms. The highest BCUT2D eigenvalue weighted by atomic mass is 35.5. The van der Waals surface area contributed by atoms with Crippen molar-refractivity contribution in [1.29, 1.82) is 0 Å².